The summed E-state index contributed by atoms with van der Waals surface area (Å²) in [5.74, 6) is -0.621. The Bertz CT molecular complexity index is 1030. The molecule has 0 aromatic carbocycles. The Hall–Kier alpha value is -2.70. The Morgan fingerprint density at radius 1 is 1.30 bits per heavy atom. The number of aromatic nitrogens is 2. The average molecular weight is 369 g/mol. The normalized spacial score (nSPS) is 25.8. The molecule has 1 aliphatic heterocycles. The first-order valence-corrected chi connectivity index (χ1v) is 9.06. The number of ether oxygens (including phenoxy) is 1. The monoisotopic (exact) mass is 369 g/mol. The second-order valence-electron chi connectivity index (χ2n) is 8.39. The molecular formula is C20H23N3O4. The van der Waals surface area contributed by atoms with Crippen molar-refractivity contribution in [1.29, 1.82) is 0 Å². The number of aryl methyl sites for hydroxylation is 1. The molecule has 0 radical (unpaired) electrons. The lowest BCUT2D eigenvalue weighted by Crippen LogP contribution is -2.57. The van der Waals surface area contributed by atoms with E-state index in [2.05, 4.69) is 18.8 Å². The lowest BCUT2D eigenvalue weighted by atomic mass is 9.48. The number of fused-ring (bicyclic) bond motifs is 2. The van der Waals surface area contributed by atoms with Gasteiger partial charge in [0.05, 0.1) is 12.5 Å². The van der Waals surface area contributed by atoms with Crippen molar-refractivity contribution in [2.45, 2.75) is 27.2 Å². The summed E-state index contributed by atoms with van der Waals surface area (Å²) in [5.41, 5.74) is 0.161. The number of likely N-dealkylation sites (tertiary alicyclic amines) is 1. The third-order valence-electron chi connectivity index (χ3n) is 6.29. The van der Waals surface area contributed by atoms with E-state index in [1.165, 1.54) is 17.7 Å². The van der Waals surface area contributed by atoms with E-state index in [9.17, 15) is 14.4 Å². The van der Waals surface area contributed by atoms with Crippen molar-refractivity contribution >= 4 is 17.5 Å². The van der Waals surface area contributed by atoms with Gasteiger partial charge >= 0.3 is 5.97 Å². The topological polar surface area (TPSA) is 81.0 Å². The molecule has 3 heterocycles. The van der Waals surface area contributed by atoms with Crippen molar-refractivity contribution in [1.82, 2.24) is 14.3 Å². The van der Waals surface area contributed by atoms with Crippen LogP contribution in [0.3, 0.4) is 0 Å². The lowest BCUT2D eigenvalue weighted by Gasteiger charge is -2.54. The zero-order chi connectivity index (χ0) is 19.6. The molecule has 27 heavy (non-hydrogen) atoms. The predicted molar refractivity (Wildman–Crippen MR) is 98.4 cm³/mol. The number of rotatable bonds is 2. The van der Waals surface area contributed by atoms with Crippen molar-refractivity contribution < 1.29 is 14.3 Å². The molecule has 1 aliphatic carbocycles. The Morgan fingerprint density at radius 2 is 2.04 bits per heavy atom. The van der Waals surface area contributed by atoms with Crippen molar-refractivity contribution in [3.63, 3.8) is 0 Å². The van der Waals surface area contributed by atoms with Crippen LogP contribution in [0.25, 0.3) is 5.65 Å². The molecule has 2 fully saturated rings. The van der Waals surface area contributed by atoms with Crippen LogP contribution in [0.5, 0.6) is 0 Å². The van der Waals surface area contributed by atoms with Crippen LogP contribution in [0, 0.1) is 23.7 Å². The van der Waals surface area contributed by atoms with Gasteiger partial charge in [0.25, 0.3) is 11.5 Å². The van der Waals surface area contributed by atoms with Crippen LogP contribution < -0.4 is 5.56 Å². The van der Waals surface area contributed by atoms with Gasteiger partial charge < -0.3 is 9.64 Å². The average Bonchev–Trinajstić information content (AvgIpc) is 2.97. The van der Waals surface area contributed by atoms with Crippen LogP contribution in [0.15, 0.2) is 29.2 Å². The Balaban J connectivity index is 1.72. The SMILES string of the molecule is COC(=O)[C@@]12CN(C(=O)c3cnc4cccc(C)n4c3=O)C[C@@H]1C(C)(C)C2. The van der Waals surface area contributed by atoms with Crippen molar-refractivity contribution in [3.05, 3.63) is 46.0 Å². The summed E-state index contributed by atoms with van der Waals surface area (Å²) in [6.45, 7) is 6.72. The van der Waals surface area contributed by atoms with Crippen LogP contribution in [0.4, 0.5) is 0 Å². The highest BCUT2D eigenvalue weighted by Crippen LogP contribution is 2.63. The second kappa shape index (κ2) is 5.65. The maximum Gasteiger partial charge on any atom is 0.314 e. The molecule has 2 aromatic heterocycles. The van der Waals surface area contributed by atoms with Crippen LogP contribution in [-0.4, -0.2) is 46.4 Å². The fraction of sp³-hybridized carbons (Fsp3) is 0.500. The minimum absolute atomic E-state index is 0.0271. The first-order valence-electron chi connectivity index (χ1n) is 9.06. The fourth-order valence-electron chi connectivity index (χ4n) is 5.12. The van der Waals surface area contributed by atoms with Gasteiger partial charge in [-0.3, -0.25) is 18.8 Å². The van der Waals surface area contributed by atoms with E-state index >= 15 is 0 Å². The molecule has 7 heteroatoms. The van der Waals surface area contributed by atoms with Gasteiger partial charge in [0.2, 0.25) is 0 Å². The molecule has 142 valence electrons. The largest absolute Gasteiger partial charge is 0.469 e. The van der Waals surface area contributed by atoms with E-state index in [1.807, 2.05) is 6.07 Å². The Morgan fingerprint density at radius 3 is 2.70 bits per heavy atom. The maximum atomic E-state index is 13.1. The van der Waals surface area contributed by atoms with Crippen LogP contribution >= 0.6 is 0 Å². The number of hydrogen-bond donors (Lipinski definition) is 0. The molecule has 1 amide bonds. The molecule has 1 saturated heterocycles. The Kier molecular flexibility index (Phi) is 3.70. The minimum Gasteiger partial charge on any atom is -0.469 e. The summed E-state index contributed by atoms with van der Waals surface area (Å²) in [5, 5.41) is 0. The highest BCUT2D eigenvalue weighted by molar-refractivity contribution is 5.95. The van der Waals surface area contributed by atoms with E-state index in [0.29, 0.717) is 24.3 Å². The third kappa shape index (κ3) is 2.33. The van der Waals surface area contributed by atoms with E-state index in [1.54, 1.807) is 24.0 Å². The highest BCUT2D eigenvalue weighted by atomic mass is 16.5. The lowest BCUT2D eigenvalue weighted by molar-refractivity contribution is -0.174. The molecule has 0 bridgehead atoms. The van der Waals surface area contributed by atoms with Gasteiger partial charge in [-0.15, -0.1) is 0 Å². The first-order chi connectivity index (χ1) is 12.7. The number of hydrogen-bond acceptors (Lipinski definition) is 5. The third-order valence-corrected chi connectivity index (χ3v) is 6.29. The highest BCUT2D eigenvalue weighted by Gasteiger charge is 2.68. The minimum atomic E-state index is -0.662. The van der Waals surface area contributed by atoms with Gasteiger partial charge in [0.15, 0.2) is 0 Å². The fourth-order valence-corrected chi connectivity index (χ4v) is 5.12. The van der Waals surface area contributed by atoms with Gasteiger partial charge in [-0.05, 0) is 36.8 Å². The van der Waals surface area contributed by atoms with E-state index < -0.39 is 5.41 Å². The molecule has 7 nitrogen and oxygen atoms in total. The molecule has 4 rings (SSSR count). The molecule has 2 aromatic rings. The summed E-state index contributed by atoms with van der Waals surface area (Å²) in [6, 6.07) is 5.35. The molecule has 0 spiro atoms. The quantitative estimate of drug-likeness (QED) is 0.752. The van der Waals surface area contributed by atoms with E-state index in [-0.39, 0.29) is 40.9 Å². The molecule has 1 saturated carbocycles. The van der Waals surface area contributed by atoms with Gasteiger partial charge in [-0.25, -0.2) is 4.98 Å². The zero-order valence-electron chi connectivity index (χ0n) is 16.0. The van der Waals surface area contributed by atoms with Crippen LogP contribution in [-0.2, 0) is 9.53 Å². The van der Waals surface area contributed by atoms with Gasteiger partial charge in [0.1, 0.15) is 11.2 Å². The molecule has 2 aliphatic rings. The van der Waals surface area contributed by atoms with Crippen LogP contribution in [0.2, 0.25) is 0 Å². The van der Waals surface area contributed by atoms with E-state index in [0.717, 1.165) is 0 Å². The second-order valence-corrected chi connectivity index (χ2v) is 8.39. The standard InChI is InChI=1S/C20H23N3O4/c1-12-6-5-7-15-21-8-13(17(25)23(12)15)16(24)22-9-14-19(2,3)10-20(14,11-22)18(26)27-4/h5-8,14H,9-11H2,1-4H3/t14-,20+/m1/s1. The molecule has 0 unspecified atom stereocenters. The zero-order valence-corrected chi connectivity index (χ0v) is 16.0. The van der Waals surface area contributed by atoms with Crippen molar-refractivity contribution in [2.75, 3.05) is 20.2 Å². The summed E-state index contributed by atoms with van der Waals surface area (Å²) >= 11 is 0. The number of amides is 1. The summed E-state index contributed by atoms with van der Waals surface area (Å²) in [4.78, 5) is 44.4. The van der Waals surface area contributed by atoms with Crippen LogP contribution in [0.1, 0.15) is 36.3 Å². The first kappa shape index (κ1) is 17.7. The summed E-state index contributed by atoms with van der Waals surface area (Å²) in [7, 11) is 1.38. The number of carbonyl (C=O) groups is 2. The number of nitrogens with zero attached hydrogens (tertiary/aromatic N) is 3. The Labute approximate surface area is 157 Å². The molecule has 2 atom stereocenters. The number of methoxy groups -OCH3 is 1. The van der Waals surface area contributed by atoms with Gasteiger partial charge in [-0.1, -0.05) is 19.9 Å². The maximum absolute atomic E-state index is 13.1. The summed E-state index contributed by atoms with van der Waals surface area (Å²) < 4.78 is 6.47. The molecular weight excluding hydrogens is 346 g/mol. The molecule has 0 N–H and O–H groups in total. The van der Waals surface area contributed by atoms with Crippen molar-refractivity contribution in [3.8, 4) is 0 Å². The van der Waals surface area contributed by atoms with Gasteiger partial charge in [-0.2, -0.15) is 0 Å². The predicted octanol–water partition coefficient (Wildman–Crippen LogP) is 1.66. The smallest absolute Gasteiger partial charge is 0.314 e. The number of carbonyl (C=O) groups excluding carboxylic acids is 2. The van der Waals surface area contributed by atoms with Gasteiger partial charge in [0, 0.05) is 25.0 Å². The number of pyridine rings is 1. The summed E-state index contributed by atoms with van der Waals surface area (Å²) in [6.07, 6.45) is 2.02. The number of esters is 1. The van der Waals surface area contributed by atoms with E-state index in [4.69, 9.17) is 4.74 Å². The van der Waals surface area contributed by atoms with Crippen molar-refractivity contribution in [2.24, 2.45) is 16.7 Å².